The van der Waals surface area contributed by atoms with Gasteiger partial charge in [0.05, 0.1) is 6.54 Å². The maximum Gasteiger partial charge on any atom is 0.244 e. The van der Waals surface area contributed by atoms with Crippen LogP contribution in [0.25, 0.3) is 6.08 Å². The highest BCUT2D eigenvalue weighted by Gasteiger charge is 2.04. The van der Waals surface area contributed by atoms with E-state index in [-0.39, 0.29) is 24.4 Å². The fraction of sp³-hybridized carbons (Fsp3) is 0.286. The van der Waals surface area contributed by atoms with Gasteiger partial charge < -0.3 is 10.6 Å². The number of halogens is 2. The molecule has 108 valence electrons. The molecule has 0 radical (unpaired) electrons. The number of hydrogen-bond acceptors (Lipinski definition) is 2. The minimum atomic E-state index is -0.366. The zero-order valence-corrected chi connectivity index (χ0v) is 12.8. The molecule has 0 saturated carbocycles. The van der Waals surface area contributed by atoms with Crippen LogP contribution in [0.3, 0.4) is 0 Å². The molecule has 0 aromatic heterocycles. The van der Waals surface area contributed by atoms with E-state index in [0.717, 1.165) is 0 Å². The number of carbonyl (C=O) groups is 2. The predicted molar refractivity (Wildman–Crippen MR) is 81.8 cm³/mol. The number of benzene rings is 1. The van der Waals surface area contributed by atoms with E-state index in [4.69, 9.17) is 23.2 Å². The molecule has 0 saturated heterocycles. The first-order valence-corrected chi connectivity index (χ1v) is 6.84. The quantitative estimate of drug-likeness (QED) is 0.821. The fourth-order valence-electron chi connectivity index (χ4n) is 1.40. The van der Waals surface area contributed by atoms with Gasteiger partial charge in [-0.15, -0.1) is 0 Å². The van der Waals surface area contributed by atoms with Crippen LogP contribution in [0, 0.1) is 0 Å². The van der Waals surface area contributed by atoms with Crippen LogP contribution >= 0.6 is 23.2 Å². The summed E-state index contributed by atoms with van der Waals surface area (Å²) in [7, 11) is 0. The van der Waals surface area contributed by atoms with Gasteiger partial charge in [-0.1, -0.05) is 29.3 Å². The molecule has 2 N–H and O–H groups in total. The summed E-state index contributed by atoms with van der Waals surface area (Å²) in [6.07, 6.45) is 2.88. The van der Waals surface area contributed by atoms with E-state index in [0.29, 0.717) is 15.6 Å². The van der Waals surface area contributed by atoms with Gasteiger partial charge in [0.25, 0.3) is 0 Å². The molecule has 0 heterocycles. The minimum absolute atomic E-state index is 0.0443. The number of carbonyl (C=O) groups excluding carboxylic acids is 2. The third kappa shape index (κ3) is 6.08. The summed E-state index contributed by atoms with van der Waals surface area (Å²) in [5.41, 5.74) is 0.679. The molecule has 0 aliphatic heterocycles. The molecule has 0 aliphatic carbocycles. The van der Waals surface area contributed by atoms with Crippen molar-refractivity contribution in [1.82, 2.24) is 10.6 Å². The van der Waals surface area contributed by atoms with Gasteiger partial charge in [-0.3, -0.25) is 9.59 Å². The SMILES string of the molecule is CC(C)NC(=O)CNC(=O)/C=C/c1ccc(Cl)cc1Cl. The van der Waals surface area contributed by atoms with Crippen molar-refractivity contribution in [3.8, 4) is 0 Å². The van der Waals surface area contributed by atoms with Crippen molar-refractivity contribution < 1.29 is 9.59 Å². The minimum Gasteiger partial charge on any atom is -0.352 e. The summed E-state index contributed by atoms with van der Waals surface area (Å²) in [4.78, 5) is 22.9. The summed E-state index contributed by atoms with van der Waals surface area (Å²) >= 11 is 11.7. The maximum atomic E-state index is 11.5. The molecule has 0 fully saturated rings. The molecule has 0 unspecified atom stereocenters. The van der Waals surface area contributed by atoms with Crippen molar-refractivity contribution in [3.05, 3.63) is 39.9 Å². The standard InChI is InChI=1S/C14H16Cl2N2O2/c1-9(2)18-14(20)8-17-13(19)6-4-10-3-5-11(15)7-12(10)16/h3-7,9H,8H2,1-2H3,(H,17,19)(H,18,20)/b6-4+. The molecule has 0 spiro atoms. The van der Waals surface area contributed by atoms with E-state index >= 15 is 0 Å². The van der Waals surface area contributed by atoms with Crippen LogP contribution in [0.4, 0.5) is 0 Å². The average molecular weight is 315 g/mol. The third-order valence-electron chi connectivity index (χ3n) is 2.25. The van der Waals surface area contributed by atoms with Gasteiger partial charge in [0, 0.05) is 22.2 Å². The topological polar surface area (TPSA) is 58.2 Å². The van der Waals surface area contributed by atoms with Crippen LogP contribution in [0.1, 0.15) is 19.4 Å². The van der Waals surface area contributed by atoms with Gasteiger partial charge >= 0.3 is 0 Å². The molecule has 1 aromatic rings. The number of nitrogens with one attached hydrogen (secondary N) is 2. The largest absolute Gasteiger partial charge is 0.352 e. The molecule has 6 heteroatoms. The summed E-state index contributed by atoms with van der Waals surface area (Å²) < 4.78 is 0. The molecule has 20 heavy (non-hydrogen) atoms. The Hall–Kier alpha value is -1.52. The molecular weight excluding hydrogens is 299 g/mol. The zero-order valence-electron chi connectivity index (χ0n) is 11.2. The van der Waals surface area contributed by atoms with Crippen LogP contribution in [-0.4, -0.2) is 24.4 Å². The molecular formula is C14H16Cl2N2O2. The normalized spacial score (nSPS) is 10.8. The van der Waals surface area contributed by atoms with Crippen LogP contribution < -0.4 is 10.6 Å². The van der Waals surface area contributed by atoms with Crippen molar-refractivity contribution >= 4 is 41.1 Å². The van der Waals surface area contributed by atoms with E-state index in [1.807, 2.05) is 13.8 Å². The van der Waals surface area contributed by atoms with Crippen molar-refractivity contribution in [2.45, 2.75) is 19.9 Å². The van der Waals surface area contributed by atoms with Gasteiger partial charge in [-0.2, -0.15) is 0 Å². The lowest BCUT2D eigenvalue weighted by molar-refractivity contribution is -0.124. The Morgan fingerprint density at radius 3 is 2.60 bits per heavy atom. The lowest BCUT2D eigenvalue weighted by Crippen LogP contribution is -2.39. The van der Waals surface area contributed by atoms with Crippen LogP contribution in [0.2, 0.25) is 10.0 Å². The summed E-state index contributed by atoms with van der Waals surface area (Å²) in [6, 6.07) is 5.03. The number of hydrogen-bond donors (Lipinski definition) is 2. The van der Waals surface area contributed by atoms with E-state index in [2.05, 4.69) is 10.6 Å². The Kier molecular flexibility index (Phi) is 6.55. The summed E-state index contributed by atoms with van der Waals surface area (Å²) in [5, 5.41) is 6.14. The van der Waals surface area contributed by atoms with Crippen LogP contribution in [0.15, 0.2) is 24.3 Å². The lowest BCUT2D eigenvalue weighted by atomic mass is 10.2. The zero-order chi connectivity index (χ0) is 15.1. The lowest BCUT2D eigenvalue weighted by Gasteiger charge is -2.08. The van der Waals surface area contributed by atoms with E-state index in [1.165, 1.54) is 6.08 Å². The van der Waals surface area contributed by atoms with Gasteiger partial charge in [0.2, 0.25) is 11.8 Å². The Bertz CT molecular complexity index is 528. The number of rotatable bonds is 5. The fourth-order valence-corrected chi connectivity index (χ4v) is 1.87. The van der Waals surface area contributed by atoms with Gasteiger partial charge in [0.15, 0.2) is 0 Å². The molecule has 1 rings (SSSR count). The monoisotopic (exact) mass is 314 g/mol. The predicted octanol–water partition coefficient (Wildman–Crippen LogP) is 2.65. The van der Waals surface area contributed by atoms with E-state index < -0.39 is 0 Å². The second kappa shape index (κ2) is 7.92. The smallest absolute Gasteiger partial charge is 0.244 e. The second-order valence-electron chi connectivity index (χ2n) is 4.44. The van der Waals surface area contributed by atoms with Gasteiger partial charge in [-0.05, 0) is 37.6 Å². The molecule has 4 nitrogen and oxygen atoms in total. The van der Waals surface area contributed by atoms with Crippen LogP contribution in [-0.2, 0) is 9.59 Å². The Morgan fingerprint density at radius 1 is 1.30 bits per heavy atom. The van der Waals surface area contributed by atoms with Crippen molar-refractivity contribution in [2.75, 3.05) is 6.54 Å². The first-order chi connectivity index (χ1) is 9.38. The maximum absolute atomic E-state index is 11.5. The number of amides is 2. The molecule has 0 bridgehead atoms. The highest BCUT2D eigenvalue weighted by atomic mass is 35.5. The summed E-state index contributed by atoms with van der Waals surface area (Å²) in [6.45, 7) is 3.64. The Balaban J connectivity index is 2.49. The Labute approximate surface area is 128 Å². The first-order valence-electron chi connectivity index (χ1n) is 6.09. The Morgan fingerprint density at radius 2 is 2.00 bits per heavy atom. The molecule has 0 aliphatic rings. The third-order valence-corrected chi connectivity index (χ3v) is 2.81. The second-order valence-corrected chi connectivity index (χ2v) is 5.28. The molecule has 2 amide bonds. The van der Waals surface area contributed by atoms with Crippen molar-refractivity contribution in [3.63, 3.8) is 0 Å². The van der Waals surface area contributed by atoms with Crippen molar-refractivity contribution in [1.29, 1.82) is 0 Å². The van der Waals surface area contributed by atoms with E-state index in [9.17, 15) is 9.59 Å². The first kappa shape index (κ1) is 16.5. The summed E-state index contributed by atoms with van der Waals surface area (Å²) in [5.74, 6) is -0.596. The molecule has 1 aromatic carbocycles. The van der Waals surface area contributed by atoms with Gasteiger partial charge in [0.1, 0.15) is 0 Å². The highest BCUT2D eigenvalue weighted by Crippen LogP contribution is 2.21. The highest BCUT2D eigenvalue weighted by molar-refractivity contribution is 6.35. The molecule has 0 atom stereocenters. The van der Waals surface area contributed by atoms with Gasteiger partial charge in [-0.25, -0.2) is 0 Å². The van der Waals surface area contributed by atoms with E-state index in [1.54, 1.807) is 24.3 Å². The average Bonchev–Trinajstić information content (AvgIpc) is 2.34. The van der Waals surface area contributed by atoms with Crippen molar-refractivity contribution in [2.24, 2.45) is 0 Å². The van der Waals surface area contributed by atoms with Crippen LogP contribution in [0.5, 0.6) is 0 Å².